The average Bonchev–Trinajstić information content (AvgIpc) is 2.88. The smallest absolute Gasteiger partial charge is 0.243 e. The molecule has 3 unspecified atom stereocenters. The monoisotopic (exact) mass is 423 g/mol. The Morgan fingerprint density at radius 1 is 0.967 bits per heavy atom. The fourth-order valence-electron chi connectivity index (χ4n) is 3.58. The second-order valence-corrected chi connectivity index (χ2v) is 8.93. The molecule has 1 aliphatic heterocycles. The maximum absolute atomic E-state index is 12.6. The Morgan fingerprint density at radius 3 is 2.03 bits per heavy atom. The van der Waals surface area contributed by atoms with E-state index in [-0.39, 0.29) is 60.0 Å². The topological polar surface area (TPSA) is 113 Å². The molecule has 0 bridgehead atoms. The van der Waals surface area contributed by atoms with Crippen LogP contribution in [-0.2, 0) is 24.0 Å². The molecule has 2 N–H and O–H groups in total. The minimum atomic E-state index is -0.709. The number of nitrogens with one attached hydrogen (secondary N) is 2. The second-order valence-electron chi connectivity index (χ2n) is 8.93. The number of rotatable bonds is 12. The van der Waals surface area contributed by atoms with Gasteiger partial charge >= 0.3 is 0 Å². The molecule has 1 saturated heterocycles. The highest BCUT2D eigenvalue weighted by molar-refractivity contribution is 6.03. The highest BCUT2D eigenvalue weighted by Crippen LogP contribution is 2.19. The predicted molar refractivity (Wildman–Crippen MR) is 113 cm³/mol. The van der Waals surface area contributed by atoms with Crippen LogP contribution < -0.4 is 10.6 Å². The van der Waals surface area contributed by atoms with Gasteiger partial charge in [0.05, 0.1) is 6.04 Å². The fourth-order valence-corrected chi connectivity index (χ4v) is 3.58. The van der Waals surface area contributed by atoms with Crippen LogP contribution in [0.5, 0.6) is 0 Å². The average molecular weight is 424 g/mol. The van der Waals surface area contributed by atoms with E-state index >= 15 is 0 Å². The number of ketones is 1. The Morgan fingerprint density at radius 2 is 1.57 bits per heavy atom. The number of imide groups is 1. The first-order valence-electron chi connectivity index (χ1n) is 10.9. The van der Waals surface area contributed by atoms with Crippen molar-refractivity contribution in [1.29, 1.82) is 0 Å². The molecule has 1 fully saturated rings. The Balaban J connectivity index is 2.43. The third-order valence-electron chi connectivity index (χ3n) is 5.42. The van der Waals surface area contributed by atoms with Crippen molar-refractivity contribution in [2.45, 2.75) is 85.7 Å². The van der Waals surface area contributed by atoms with E-state index in [4.69, 9.17) is 0 Å². The highest BCUT2D eigenvalue weighted by atomic mass is 16.2. The summed E-state index contributed by atoms with van der Waals surface area (Å²) >= 11 is 0. The summed E-state index contributed by atoms with van der Waals surface area (Å²) in [4.78, 5) is 61.6. The lowest BCUT2D eigenvalue weighted by atomic mass is 9.98. The Hall–Kier alpha value is -2.25. The van der Waals surface area contributed by atoms with Gasteiger partial charge in [0.15, 0.2) is 5.78 Å². The van der Waals surface area contributed by atoms with Crippen molar-refractivity contribution in [3.8, 4) is 0 Å². The highest BCUT2D eigenvalue weighted by Gasteiger charge is 2.34. The zero-order valence-corrected chi connectivity index (χ0v) is 19.1. The van der Waals surface area contributed by atoms with Gasteiger partial charge < -0.3 is 10.6 Å². The lowest BCUT2D eigenvalue weighted by Crippen LogP contribution is -2.54. The predicted octanol–water partition coefficient (Wildman–Crippen LogP) is 1.81. The lowest BCUT2D eigenvalue weighted by Gasteiger charge is -2.26. The first-order chi connectivity index (χ1) is 14.0. The Kier molecular flexibility index (Phi) is 10.2. The molecule has 1 heterocycles. The van der Waals surface area contributed by atoms with Gasteiger partial charge in [-0.25, -0.2) is 0 Å². The van der Waals surface area contributed by atoms with E-state index in [0.717, 1.165) is 0 Å². The van der Waals surface area contributed by atoms with Crippen LogP contribution in [0.1, 0.15) is 73.6 Å². The summed E-state index contributed by atoms with van der Waals surface area (Å²) < 4.78 is 0. The number of carbonyl (C=O) groups excluding carboxylic acids is 5. The molecule has 4 amide bonds. The van der Waals surface area contributed by atoms with Crippen molar-refractivity contribution < 1.29 is 24.0 Å². The van der Waals surface area contributed by atoms with E-state index in [2.05, 4.69) is 10.6 Å². The number of unbranched alkanes of at least 4 members (excludes halogenated alkanes) is 2. The molecular weight excluding hydrogens is 386 g/mol. The number of carbonyl (C=O) groups is 5. The number of amides is 4. The molecule has 0 spiro atoms. The summed E-state index contributed by atoms with van der Waals surface area (Å²) in [7, 11) is 0. The number of Topliss-reactive ketones (excluding diaryl/α,β-unsaturated/α-hetero) is 1. The zero-order chi connectivity index (χ0) is 23.0. The third kappa shape index (κ3) is 7.54. The minimum absolute atomic E-state index is 0.0349. The van der Waals surface area contributed by atoms with Crippen LogP contribution in [0.25, 0.3) is 0 Å². The van der Waals surface area contributed by atoms with Crippen molar-refractivity contribution in [2.24, 2.45) is 17.8 Å². The van der Waals surface area contributed by atoms with E-state index in [1.54, 1.807) is 6.92 Å². The van der Waals surface area contributed by atoms with E-state index in [9.17, 15) is 24.0 Å². The molecule has 0 aromatic rings. The first-order valence-corrected chi connectivity index (χ1v) is 10.9. The van der Waals surface area contributed by atoms with Crippen LogP contribution in [0.4, 0.5) is 0 Å². The van der Waals surface area contributed by atoms with E-state index in [1.165, 1.54) is 11.8 Å². The molecule has 1 aliphatic rings. The number of likely N-dealkylation sites (tertiary alicyclic amines) is 1. The molecule has 8 nitrogen and oxygen atoms in total. The zero-order valence-electron chi connectivity index (χ0n) is 19.1. The summed E-state index contributed by atoms with van der Waals surface area (Å²) in [5, 5.41) is 5.52. The van der Waals surface area contributed by atoms with Gasteiger partial charge in [-0.1, -0.05) is 41.0 Å². The van der Waals surface area contributed by atoms with Crippen molar-refractivity contribution >= 4 is 29.4 Å². The van der Waals surface area contributed by atoms with Crippen LogP contribution in [0.3, 0.4) is 0 Å². The van der Waals surface area contributed by atoms with Gasteiger partial charge in [0, 0.05) is 25.3 Å². The molecule has 0 radical (unpaired) electrons. The molecular formula is C22H37N3O5. The van der Waals surface area contributed by atoms with Gasteiger partial charge in [-0.15, -0.1) is 0 Å². The standard InChI is InChI=1S/C22H37N3O5/c1-13(2)19(16(6)26)24-21(29)20(14(3)4)23-17(27)10-8-7-9-11-25-18(28)12-15(5)22(25)30/h13-15,19-20H,7-12H2,1-6H3,(H,23,27)(H,24,29). The van der Waals surface area contributed by atoms with Crippen LogP contribution in [0.2, 0.25) is 0 Å². The quantitative estimate of drug-likeness (QED) is 0.367. The molecule has 0 saturated carbocycles. The lowest BCUT2D eigenvalue weighted by molar-refractivity contribution is -0.139. The SMILES string of the molecule is CC(=O)C(NC(=O)C(NC(=O)CCCCCN1C(=O)CC(C)C1=O)C(C)C)C(C)C. The Bertz CT molecular complexity index is 659. The van der Waals surface area contributed by atoms with Gasteiger partial charge in [-0.05, 0) is 31.6 Å². The third-order valence-corrected chi connectivity index (χ3v) is 5.42. The van der Waals surface area contributed by atoms with Gasteiger partial charge in [-0.3, -0.25) is 28.9 Å². The molecule has 170 valence electrons. The Labute approximate surface area is 179 Å². The number of nitrogens with zero attached hydrogens (tertiary/aromatic N) is 1. The molecule has 0 aromatic carbocycles. The summed E-state index contributed by atoms with van der Waals surface area (Å²) in [5.74, 6) is -1.33. The van der Waals surface area contributed by atoms with Gasteiger partial charge in [0.2, 0.25) is 23.6 Å². The number of hydrogen-bond acceptors (Lipinski definition) is 5. The van der Waals surface area contributed by atoms with E-state index in [1.807, 2.05) is 27.7 Å². The van der Waals surface area contributed by atoms with Crippen molar-refractivity contribution in [2.75, 3.05) is 6.54 Å². The summed E-state index contributed by atoms with van der Waals surface area (Å²) in [6, 6.07) is -1.28. The van der Waals surface area contributed by atoms with Crippen molar-refractivity contribution in [1.82, 2.24) is 15.5 Å². The summed E-state index contributed by atoms with van der Waals surface area (Å²) in [5.41, 5.74) is 0. The van der Waals surface area contributed by atoms with E-state index < -0.39 is 12.1 Å². The molecule has 1 rings (SSSR count). The molecule has 8 heteroatoms. The van der Waals surface area contributed by atoms with Crippen molar-refractivity contribution in [3.63, 3.8) is 0 Å². The number of hydrogen-bond donors (Lipinski definition) is 2. The van der Waals surface area contributed by atoms with Crippen LogP contribution >= 0.6 is 0 Å². The normalized spacial score (nSPS) is 18.7. The van der Waals surface area contributed by atoms with Crippen LogP contribution in [0.15, 0.2) is 0 Å². The molecule has 0 aliphatic carbocycles. The molecule has 3 atom stereocenters. The molecule has 30 heavy (non-hydrogen) atoms. The van der Waals surface area contributed by atoms with Crippen molar-refractivity contribution in [3.05, 3.63) is 0 Å². The first kappa shape index (κ1) is 25.8. The molecule has 0 aromatic heterocycles. The maximum atomic E-state index is 12.6. The maximum Gasteiger partial charge on any atom is 0.243 e. The summed E-state index contributed by atoms with van der Waals surface area (Å²) in [6.07, 6.45) is 2.50. The largest absolute Gasteiger partial charge is 0.344 e. The summed E-state index contributed by atoms with van der Waals surface area (Å²) in [6.45, 7) is 11.0. The minimum Gasteiger partial charge on any atom is -0.344 e. The second kappa shape index (κ2) is 11.8. The fraction of sp³-hybridized carbons (Fsp3) is 0.773. The van der Waals surface area contributed by atoms with E-state index in [0.29, 0.717) is 25.8 Å². The van der Waals surface area contributed by atoms with Gasteiger partial charge in [0.25, 0.3) is 0 Å². The van der Waals surface area contributed by atoms with Crippen LogP contribution in [-0.4, -0.2) is 52.9 Å². The van der Waals surface area contributed by atoms with Gasteiger partial charge in [-0.2, -0.15) is 0 Å². The van der Waals surface area contributed by atoms with Gasteiger partial charge in [0.1, 0.15) is 6.04 Å². The van der Waals surface area contributed by atoms with Crippen LogP contribution in [0, 0.1) is 17.8 Å².